The van der Waals surface area contributed by atoms with E-state index in [4.69, 9.17) is 4.74 Å². The number of esters is 1. The highest BCUT2D eigenvalue weighted by molar-refractivity contribution is 5.85. The summed E-state index contributed by atoms with van der Waals surface area (Å²) < 4.78 is 7.16. The molecule has 1 saturated heterocycles. The SMILES string of the molecule is Cc1cnn(CCC(=O)N2CCC[C@H]2C(=O)OCc2ccccc2)c1. The van der Waals surface area contributed by atoms with E-state index in [0.717, 1.165) is 17.5 Å². The van der Waals surface area contributed by atoms with Crippen LogP contribution in [0, 0.1) is 6.92 Å². The molecule has 1 aliphatic heterocycles. The van der Waals surface area contributed by atoms with Crippen LogP contribution in [0.3, 0.4) is 0 Å². The van der Waals surface area contributed by atoms with Crippen LogP contribution in [0.1, 0.15) is 30.4 Å². The fraction of sp³-hybridized carbons (Fsp3) is 0.421. The summed E-state index contributed by atoms with van der Waals surface area (Å²) in [4.78, 5) is 26.5. The second-order valence-electron chi connectivity index (χ2n) is 6.37. The molecule has 132 valence electrons. The largest absolute Gasteiger partial charge is 0.459 e. The van der Waals surface area contributed by atoms with E-state index < -0.39 is 6.04 Å². The maximum absolute atomic E-state index is 12.5. The lowest BCUT2D eigenvalue weighted by atomic mass is 10.2. The molecule has 0 unspecified atom stereocenters. The van der Waals surface area contributed by atoms with Gasteiger partial charge < -0.3 is 9.64 Å². The Morgan fingerprint density at radius 3 is 2.80 bits per heavy atom. The highest BCUT2D eigenvalue weighted by atomic mass is 16.5. The van der Waals surface area contributed by atoms with Gasteiger partial charge in [0.25, 0.3) is 0 Å². The van der Waals surface area contributed by atoms with Crippen LogP contribution in [0.2, 0.25) is 0 Å². The summed E-state index contributed by atoms with van der Waals surface area (Å²) in [5, 5.41) is 4.19. The molecule has 0 saturated carbocycles. The van der Waals surface area contributed by atoms with Gasteiger partial charge in [-0.05, 0) is 30.9 Å². The van der Waals surface area contributed by atoms with E-state index in [9.17, 15) is 9.59 Å². The highest BCUT2D eigenvalue weighted by Gasteiger charge is 2.34. The van der Waals surface area contributed by atoms with E-state index >= 15 is 0 Å². The first-order chi connectivity index (χ1) is 12.1. The first-order valence-electron chi connectivity index (χ1n) is 8.62. The fourth-order valence-electron chi connectivity index (χ4n) is 3.08. The van der Waals surface area contributed by atoms with Crippen LogP contribution >= 0.6 is 0 Å². The van der Waals surface area contributed by atoms with Crippen LogP contribution in [-0.2, 0) is 27.5 Å². The Hall–Kier alpha value is -2.63. The summed E-state index contributed by atoms with van der Waals surface area (Å²) in [5.41, 5.74) is 2.01. The number of amides is 1. The molecule has 1 amide bonds. The number of benzene rings is 1. The van der Waals surface area contributed by atoms with Gasteiger partial charge in [0.1, 0.15) is 12.6 Å². The molecule has 3 rings (SSSR count). The summed E-state index contributed by atoms with van der Waals surface area (Å²) in [7, 11) is 0. The van der Waals surface area contributed by atoms with Gasteiger partial charge in [-0.15, -0.1) is 0 Å². The second kappa shape index (κ2) is 7.96. The van der Waals surface area contributed by atoms with Crippen LogP contribution in [0.5, 0.6) is 0 Å². The Kier molecular flexibility index (Phi) is 5.48. The number of carbonyl (C=O) groups is 2. The smallest absolute Gasteiger partial charge is 0.329 e. The molecular formula is C19H23N3O3. The molecule has 6 heteroatoms. The van der Waals surface area contributed by atoms with Gasteiger partial charge in [-0.3, -0.25) is 9.48 Å². The minimum Gasteiger partial charge on any atom is -0.459 e. The summed E-state index contributed by atoms with van der Waals surface area (Å²) >= 11 is 0. The molecule has 1 aromatic heterocycles. The number of ether oxygens (including phenoxy) is 1. The number of aromatic nitrogens is 2. The molecule has 0 aliphatic carbocycles. The van der Waals surface area contributed by atoms with E-state index in [2.05, 4.69) is 5.10 Å². The monoisotopic (exact) mass is 341 g/mol. The maximum atomic E-state index is 12.5. The van der Waals surface area contributed by atoms with Crippen molar-refractivity contribution in [3.63, 3.8) is 0 Å². The van der Waals surface area contributed by atoms with Crippen molar-refractivity contribution in [3.05, 3.63) is 53.9 Å². The maximum Gasteiger partial charge on any atom is 0.329 e. The molecular weight excluding hydrogens is 318 g/mol. The van der Waals surface area contributed by atoms with E-state index in [1.807, 2.05) is 43.5 Å². The Labute approximate surface area is 147 Å². The summed E-state index contributed by atoms with van der Waals surface area (Å²) in [6.45, 7) is 3.34. The van der Waals surface area contributed by atoms with Crippen LogP contribution < -0.4 is 0 Å². The predicted molar refractivity (Wildman–Crippen MR) is 92.6 cm³/mol. The summed E-state index contributed by atoms with van der Waals surface area (Å²) in [5.74, 6) is -0.336. The molecule has 0 radical (unpaired) electrons. The third-order valence-electron chi connectivity index (χ3n) is 4.39. The zero-order chi connectivity index (χ0) is 17.6. The Bertz CT molecular complexity index is 727. The van der Waals surface area contributed by atoms with E-state index in [-0.39, 0.29) is 18.5 Å². The topological polar surface area (TPSA) is 64.4 Å². The van der Waals surface area contributed by atoms with E-state index in [1.165, 1.54) is 0 Å². The number of carbonyl (C=O) groups excluding carboxylic acids is 2. The third kappa shape index (κ3) is 4.47. The van der Waals surface area contributed by atoms with Crippen LogP contribution in [0.25, 0.3) is 0 Å². The summed E-state index contributed by atoms with van der Waals surface area (Å²) in [6.07, 6.45) is 5.51. The molecule has 0 spiro atoms. The molecule has 6 nitrogen and oxygen atoms in total. The lowest BCUT2D eigenvalue weighted by Crippen LogP contribution is -2.41. The number of hydrogen-bond acceptors (Lipinski definition) is 4. The van der Waals surface area contributed by atoms with E-state index in [1.54, 1.807) is 15.8 Å². The molecule has 25 heavy (non-hydrogen) atoms. The van der Waals surface area contributed by atoms with Crippen LogP contribution in [-0.4, -0.2) is 39.1 Å². The van der Waals surface area contributed by atoms with Gasteiger partial charge in [0, 0.05) is 25.7 Å². The number of nitrogens with zero attached hydrogens (tertiary/aromatic N) is 3. The van der Waals surface area contributed by atoms with Gasteiger partial charge in [0.15, 0.2) is 0 Å². The Balaban J connectivity index is 1.52. The van der Waals surface area contributed by atoms with Crippen molar-refractivity contribution in [3.8, 4) is 0 Å². The molecule has 0 N–H and O–H groups in total. The zero-order valence-corrected chi connectivity index (χ0v) is 14.4. The quantitative estimate of drug-likeness (QED) is 0.757. The minimum atomic E-state index is -0.462. The van der Waals surface area contributed by atoms with Crippen molar-refractivity contribution < 1.29 is 14.3 Å². The molecule has 1 aromatic carbocycles. The van der Waals surface area contributed by atoms with Gasteiger partial charge >= 0.3 is 5.97 Å². The van der Waals surface area contributed by atoms with Crippen molar-refractivity contribution in [2.24, 2.45) is 0 Å². The van der Waals surface area contributed by atoms with Crippen LogP contribution in [0.15, 0.2) is 42.7 Å². The van der Waals surface area contributed by atoms with E-state index in [0.29, 0.717) is 25.9 Å². The highest BCUT2D eigenvalue weighted by Crippen LogP contribution is 2.20. The fourth-order valence-corrected chi connectivity index (χ4v) is 3.08. The van der Waals surface area contributed by atoms with Crippen LogP contribution in [0.4, 0.5) is 0 Å². The number of hydrogen-bond donors (Lipinski definition) is 0. The Morgan fingerprint density at radius 1 is 1.28 bits per heavy atom. The Morgan fingerprint density at radius 2 is 2.08 bits per heavy atom. The molecule has 0 bridgehead atoms. The van der Waals surface area contributed by atoms with Crippen molar-refractivity contribution in [1.82, 2.24) is 14.7 Å². The number of likely N-dealkylation sites (tertiary alicyclic amines) is 1. The number of rotatable bonds is 6. The molecule has 1 aliphatic rings. The van der Waals surface area contributed by atoms with Crippen molar-refractivity contribution in [2.75, 3.05) is 6.54 Å². The number of aryl methyl sites for hydroxylation is 2. The first kappa shape index (κ1) is 17.2. The lowest BCUT2D eigenvalue weighted by Gasteiger charge is -2.23. The molecule has 2 heterocycles. The molecule has 1 atom stereocenters. The van der Waals surface area contributed by atoms with Crippen molar-refractivity contribution in [2.45, 2.75) is 45.4 Å². The normalized spacial score (nSPS) is 16.8. The van der Waals surface area contributed by atoms with Gasteiger partial charge in [-0.1, -0.05) is 30.3 Å². The minimum absolute atomic E-state index is 0.0210. The predicted octanol–water partition coefficient (Wildman–Crippen LogP) is 2.32. The van der Waals surface area contributed by atoms with Crippen molar-refractivity contribution >= 4 is 11.9 Å². The van der Waals surface area contributed by atoms with Crippen molar-refractivity contribution in [1.29, 1.82) is 0 Å². The zero-order valence-electron chi connectivity index (χ0n) is 14.4. The second-order valence-corrected chi connectivity index (χ2v) is 6.37. The van der Waals surface area contributed by atoms with Gasteiger partial charge in [-0.2, -0.15) is 5.10 Å². The standard InChI is InChI=1S/C19H23N3O3/c1-15-12-20-21(13-15)11-9-18(23)22-10-5-8-17(22)19(24)25-14-16-6-3-2-4-7-16/h2-4,6-7,12-13,17H,5,8-11,14H2,1H3/t17-/m0/s1. The molecule has 1 fully saturated rings. The first-order valence-corrected chi connectivity index (χ1v) is 8.62. The average molecular weight is 341 g/mol. The lowest BCUT2D eigenvalue weighted by molar-refractivity contribution is -0.154. The third-order valence-corrected chi connectivity index (χ3v) is 4.39. The van der Waals surface area contributed by atoms with Gasteiger partial charge in [-0.25, -0.2) is 4.79 Å². The van der Waals surface area contributed by atoms with Gasteiger partial charge in [0.2, 0.25) is 5.91 Å². The average Bonchev–Trinajstić information content (AvgIpc) is 3.27. The van der Waals surface area contributed by atoms with Gasteiger partial charge in [0.05, 0.1) is 6.20 Å². The summed E-state index contributed by atoms with van der Waals surface area (Å²) in [6, 6.07) is 9.10. The molecule has 2 aromatic rings.